The third-order valence-electron chi connectivity index (χ3n) is 1.46. The summed E-state index contributed by atoms with van der Waals surface area (Å²) in [5, 5.41) is 6.79. The number of ether oxygens (including phenoxy) is 1. The molecule has 0 saturated carbocycles. The summed E-state index contributed by atoms with van der Waals surface area (Å²) in [6.07, 6.45) is 1.75. The molecule has 0 fully saturated rings. The molecule has 0 aliphatic heterocycles. The zero-order chi connectivity index (χ0) is 8.81. The van der Waals surface area contributed by atoms with Gasteiger partial charge in [-0.15, -0.1) is 0 Å². The van der Waals surface area contributed by atoms with Gasteiger partial charge in [0.1, 0.15) is 6.61 Å². The highest BCUT2D eigenvalue weighted by Crippen LogP contribution is 1.96. The van der Waals surface area contributed by atoms with E-state index in [0.29, 0.717) is 13.2 Å². The molecular weight excluding hydrogens is 156 g/mol. The summed E-state index contributed by atoms with van der Waals surface area (Å²) in [5.41, 5.74) is 5.35. The van der Waals surface area contributed by atoms with Gasteiger partial charge in [0.2, 0.25) is 0 Å². The molecule has 0 amide bonds. The molecule has 68 valence electrons. The van der Waals surface area contributed by atoms with Crippen LogP contribution in [0.5, 0.6) is 0 Å². The molecule has 1 aromatic rings. The van der Waals surface area contributed by atoms with Crippen molar-refractivity contribution in [1.29, 1.82) is 0 Å². The quantitative estimate of drug-likeness (QED) is 0.644. The summed E-state index contributed by atoms with van der Waals surface area (Å²) in [4.78, 5) is 4.19. The Morgan fingerprint density at radius 1 is 1.58 bits per heavy atom. The minimum absolute atomic E-state index is 0.482. The predicted molar refractivity (Wildman–Crippen MR) is 44.5 cm³/mol. The number of methoxy groups -OCH3 is 1. The SMILES string of the molecule is COCc1nc(CCCN)n[nH]1. The van der Waals surface area contributed by atoms with Gasteiger partial charge >= 0.3 is 0 Å². The first-order chi connectivity index (χ1) is 5.86. The highest BCUT2D eigenvalue weighted by molar-refractivity contribution is 4.88. The smallest absolute Gasteiger partial charge is 0.150 e. The third-order valence-corrected chi connectivity index (χ3v) is 1.46. The highest BCUT2D eigenvalue weighted by Gasteiger charge is 2.00. The Labute approximate surface area is 71.3 Å². The summed E-state index contributed by atoms with van der Waals surface area (Å²) < 4.78 is 4.89. The molecule has 0 aliphatic carbocycles. The van der Waals surface area contributed by atoms with Crippen LogP contribution < -0.4 is 5.73 Å². The van der Waals surface area contributed by atoms with Crippen LogP contribution >= 0.6 is 0 Å². The van der Waals surface area contributed by atoms with Crippen molar-refractivity contribution in [2.75, 3.05) is 13.7 Å². The van der Waals surface area contributed by atoms with Gasteiger partial charge < -0.3 is 10.5 Å². The third kappa shape index (κ3) is 2.60. The van der Waals surface area contributed by atoms with E-state index in [9.17, 15) is 0 Å². The molecule has 0 radical (unpaired) electrons. The van der Waals surface area contributed by atoms with Crippen molar-refractivity contribution in [2.24, 2.45) is 5.73 Å². The number of hydrogen-bond donors (Lipinski definition) is 2. The summed E-state index contributed by atoms with van der Waals surface area (Å²) >= 11 is 0. The minimum atomic E-state index is 0.482. The lowest BCUT2D eigenvalue weighted by molar-refractivity contribution is 0.178. The van der Waals surface area contributed by atoms with Crippen LogP contribution in [0.3, 0.4) is 0 Å². The fourth-order valence-corrected chi connectivity index (χ4v) is 0.908. The maximum Gasteiger partial charge on any atom is 0.150 e. The van der Waals surface area contributed by atoms with Crippen molar-refractivity contribution in [3.63, 3.8) is 0 Å². The van der Waals surface area contributed by atoms with Gasteiger partial charge in [-0.3, -0.25) is 5.10 Å². The van der Waals surface area contributed by atoms with E-state index in [2.05, 4.69) is 15.2 Å². The topological polar surface area (TPSA) is 76.8 Å². The van der Waals surface area contributed by atoms with E-state index in [4.69, 9.17) is 10.5 Å². The first-order valence-electron chi connectivity index (χ1n) is 3.96. The van der Waals surface area contributed by atoms with Crippen LogP contribution in [0.25, 0.3) is 0 Å². The van der Waals surface area contributed by atoms with Crippen LogP contribution in [0.4, 0.5) is 0 Å². The first kappa shape index (κ1) is 9.15. The lowest BCUT2D eigenvalue weighted by Crippen LogP contribution is -2.01. The summed E-state index contributed by atoms with van der Waals surface area (Å²) in [7, 11) is 1.63. The second kappa shape index (κ2) is 4.84. The van der Waals surface area contributed by atoms with Crippen LogP contribution in [0.1, 0.15) is 18.1 Å². The standard InChI is InChI=1S/C7H14N4O/c1-12-5-7-9-6(10-11-7)3-2-4-8/h2-5,8H2,1H3,(H,9,10,11). The Morgan fingerprint density at radius 2 is 2.42 bits per heavy atom. The summed E-state index contributed by atoms with van der Waals surface area (Å²) in [5.74, 6) is 1.58. The van der Waals surface area contributed by atoms with E-state index < -0.39 is 0 Å². The van der Waals surface area contributed by atoms with Gasteiger partial charge in [0.05, 0.1) is 0 Å². The molecule has 0 bridgehead atoms. The molecule has 0 unspecified atom stereocenters. The second-order valence-corrected chi connectivity index (χ2v) is 2.52. The van der Waals surface area contributed by atoms with E-state index in [1.54, 1.807) is 7.11 Å². The number of H-pyrrole nitrogens is 1. The molecule has 3 N–H and O–H groups in total. The van der Waals surface area contributed by atoms with Crippen molar-refractivity contribution >= 4 is 0 Å². The average molecular weight is 170 g/mol. The Morgan fingerprint density at radius 3 is 3.08 bits per heavy atom. The predicted octanol–water partition coefficient (Wildman–Crippen LogP) is -0.158. The van der Waals surface area contributed by atoms with Gasteiger partial charge in [0, 0.05) is 13.5 Å². The van der Waals surface area contributed by atoms with E-state index in [0.717, 1.165) is 24.5 Å². The zero-order valence-corrected chi connectivity index (χ0v) is 7.21. The highest BCUT2D eigenvalue weighted by atomic mass is 16.5. The summed E-state index contributed by atoms with van der Waals surface area (Å²) in [6.45, 7) is 1.16. The van der Waals surface area contributed by atoms with Crippen LogP contribution in [0.2, 0.25) is 0 Å². The molecule has 12 heavy (non-hydrogen) atoms. The average Bonchev–Trinajstić information content (AvgIpc) is 2.50. The lowest BCUT2D eigenvalue weighted by Gasteiger charge is -1.90. The Hall–Kier alpha value is -0.940. The maximum atomic E-state index is 5.35. The zero-order valence-electron chi connectivity index (χ0n) is 7.21. The van der Waals surface area contributed by atoms with Crippen molar-refractivity contribution in [3.05, 3.63) is 11.6 Å². The molecule has 0 atom stereocenters. The molecule has 1 rings (SSSR count). The Kier molecular flexibility index (Phi) is 3.69. The van der Waals surface area contributed by atoms with Crippen molar-refractivity contribution in [2.45, 2.75) is 19.4 Å². The number of nitrogens with zero attached hydrogens (tertiary/aromatic N) is 2. The monoisotopic (exact) mass is 170 g/mol. The number of nitrogens with one attached hydrogen (secondary N) is 1. The molecule has 0 spiro atoms. The first-order valence-corrected chi connectivity index (χ1v) is 3.96. The normalized spacial score (nSPS) is 10.5. The second-order valence-electron chi connectivity index (χ2n) is 2.52. The lowest BCUT2D eigenvalue weighted by atomic mass is 10.3. The number of rotatable bonds is 5. The molecule has 0 saturated heterocycles. The number of aromatic amines is 1. The van der Waals surface area contributed by atoms with Crippen molar-refractivity contribution in [3.8, 4) is 0 Å². The van der Waals surface area contributed by atoms with Crippen LogP contribution in [0, 0.1) is 0 Å². The van der Waals surface area contributed by atoms with Crippen LogP contribution in [0.15, 0.2) is 0 Å². The fourth-order valence-electron chi connectivity index (χ4n) is 0.908. The maximum absolute atomic E-state index is 5.35. The number of hydrogen-bond acceptors (Lipinski definition) is 4. The molecule has 0 aliphatic rings. The van der Waals surface area contributed by atoms with E-state index in [-0.39, 0.29) is 0 Å². The van der Waals surface area contributed by atoms with E-state index in [1.807, 2.05) is 0 Å². The van der Waals surface area contributed by atoms with Crippen LogP contribution in [-0.4, -0.2) is 28.8 Å². The molecule has 5 nitrogen and oxygen atoms in total. The van der Waals surface area contributed by atoms with Gasteiger partial charge in [-0.1, -0.05) is 0 Å². The number of aryl methyl sites for hydroxylation is 1. The van der Waals surface area contributed by atoms with Crippen molar-refractivity contribution in [1.82, 2.24) is 15.2 Å². The van der Waals surface area contributed by atoms with Gasteiger partial charge in [-0.2, -0.15) is 5.10 Å². The van der Waals surface area contributed by atoms with Gasteiger partial charge in [0.15, 0.2) is 11.6 Å². The van der Waals surface area contributed by atoms with Crippen molar-refractivity contribution < 1.29 is 4.74 Å². The molecule has 5 heteroatoms. The summed E-state index contributed by atoms with van der Waals surface area (Å²) in [6, 6.07) is 0. The van der Waals surface area contributed by atoms with E-state index in [1.165, 1.54) is 0 Å². The van der Waals surface area contributed by atoms with Gasteiger partial charge in [-0.05, 0) is 13.0 Å². The van der Waals surface area contributed by atoms with E-state index >= 15 is 0 Å². The largest absolute Gasteiger partial charge is 0.377 e. The number of aromatic nitrogens is 3. The molecule has 0 aromatic carbocycles. The molecule has 1 heterocycles. The van der Waals surface area contributed by atoms with Gasteiger partial charge in [-0.25, -0.2) is 4.98 Å². The minimum Gasteiger partial charge on any atom is -0.377 e. The van der Waals surface area contributed by atoms with Gasteiger partial charge in [0.25, 0.3) is 0 Å². The number of nitrogens with two attached hydrogens (primary N) is 1. The Bertz CT molecular complexity index is 223. The van der Waals surface area contributed by atoms with Crippen LogP contribution in [-0.2, 0) is 17.8 Å². The Balaban J connectivity index is 2.41. The fraction of sp³-hybridized carbons (Fsp3) is 0.714. The molecule has 1 aromatic heterocycles. The molecular formula is C7H14N4O.